The molecule has 0 radical (unpaired) electrons. The molecule has 1 unspecified atom stereocenters. The van der Waals surface area contributed by atoms with Crippen LogP contribution in [0.2, 0.25) is 5.02 Å². The van der Waals surface area contributed by atoms with Crippen molar-refractivity contribution >= 4 is 17.6 Å². The molecular weight excluding hydrogens is 228 g/mol. The Hall–Kier alpha value is -1.26. The molecule has 16 heavy (non-hydrogen) atoms. The zero-order valence-corrected chi connectivity index (χ0v) is 9.44. The third-order valence-electron chi connectivity index (χ3n) is 2.61. The van der Waals surface area contributed by atoms with Crippen LogP contribution in [-0.4, -0.2) is 35.7 Å². The number of carbonyl (C=O) groups excluding carboxylic acids is 1. The number of aliphatic hydroxyl groups is 1. The highest BCUT2D eigenvalue weighted by Crippen LogP contribution is 2.22. The van der Waals surface area contributed by atoms with E-state index in [0.717, 1.165) is 5.56 Å². The summed E-state index contributed by atoms with van der Waals surface area (Å²) in [6.07, 6.45) is 0. The first-order chi connectivity index (χ1) is 7.70. The predicted octanol–water partition coefficient (Wildman–Crippen LogP) is 1.40. The van der Waals surface area contributed by atoms with Gasteiger partial charge < -0.3 is 15.3 Å². The van der Waals surface area contributed by atoms with Gasteiger partial charge in [0.25, 0.3) is 0 Å². The summed E-state index contributed by atoms with van der Waals surface area (Å²) in [4.78, 5) is 13.1. The summed E-state index contributed by atoms with van der Waals surface area (Å²) < 4.78 is 0. The molecule has 2 N–H and O–H groups in total. The molecule has 2 rings (SSSR count). The highest BCUT2D eigenvalue weighted by Gasteiger charge is 2.28. The minimum atomic E-state index is -0.140. The molecule has 1 aliphatic rings. The normalized spacial score (nSPS) is 20.0. The topological polar surface area (TPSA) is 52.6 Å². The monoisotopic (exact) mass is 240 g/mol. The quantitative estimate of drug-likeness (QED) is 0.839. The lowest BCUT2D eigenvalue weighted by Crippen LogP contribution is -2.30. The van der Waals surface area contributed by atoms with Crippen LogP contribution in [-0.2, 0) is 0 Å². The van der Waals surface area contributed by atoms with Crippen molar-refractivity contribution in [3.05, 3.63) is 34.9 Å². The Morgan fingerprint density at radius 2 is 2.38 bits per heavy atom. The molecular formula is C11H13ClN2O2. The van der Waals surface area contributed by atoms with Crippen molar-refractivity contribution < 1.29 is 9.90 Å². The van der Waals surface area contributed by atoms with E-state index in [0.29, 0.717) is 18.1 Å². The van der Waals surface area contributed by atoms with Crippen molar-refractivity contribution in [2.75, 3.05) is 19.7 Å². The molecule has 1 fully saturated rings. The van der Waals surface area contributed by atoms with E-state index in [4.69, 9.17) is 16.7 Å². The van der Waals surface area contributed by atoms with Gasteiger partial charge >= 0.3 is 6.03 Å². The van der Waals surface area contributed by atoms with Crippen LogP contribution in [0.25, 0.3) is 0 Å². The maximum absolute atomic E-state index is 11.5. The van der Waals surface area contributed by atoms with Gasteiger partial charge in [-0.15, -0.1) is 0 Å². The summed E-state index contributed by atoms with van der Waals surface area (Å²) in [5, 5.41) is 12.3. The second-order valence-corrected chi connectivity index (χ2v) is 4.16. The van der Waals surface area contributed by atoms with E-state index in [9.17, 15) is 4.79 Å². The Labute approximate surface area is 98.8 Å². The molecule has 0 aliphatic carbocycles. The van der Waals surface area contributed by atoms with E-state index in [-0.39, 0.29) is 18.7 Å². The summed E-state index contributed by atoms with van der Waals surface area (Å²) in [5.41, 5.74) is 0.987. The van der Waals surface area contributed by atoms with Crippen molar-refractivity contribution in [3.8, 4) is 0 Å². The third-order valence-corrected chi connectivity index (χ3v) is 2.84. The number of hydrogen-bond acceptors (Lipinski definition) is 2. The molecule has 1 heterocycles. The zero-order chi connectivity index (χ0) is 11.5. The lowest BCUT2D eigenvalue weighted by atomic mass is 10.1. The van der Waals surface area contributed by atoms with Crippen LogP contribution in [0, 0.1) is 0 Å². The Morgan fingerprint density at radius 1 is 1.56 bits per heavy atom. The maximum atomic E-state index is 11.5. The molecule has 4 nitrogen and oxygen atoms in total. The maximum Gasteiger partial charge on any atom is 0.318 e. The molecule has 1 aromatic carbocycles. The van der Waals surface area contributed by atoms with Crippen molar-refractivity contribution in [2.24, 2.45) is 0 Å². The number of nitrogens with one attached hydrogen (secondary N) is 1. The summed E-state index contributed by atoms with van der Waals surface area (Å²) in [5.74, 6) is 0. The van der Waals surface area contributed by atoms with Gasteiger partial charge in [-0.05, 0) is 17.7 Å². The Bertz CT molecular complexity index is 397. The van der Waals surface area contributed by atoms with Crippen molar-refractivity contribution in [3.63, 3.8) is 0 Å². The molecule has 5 heteroatoms. The van der Waals surface area contributed by atoms with Crippen LogP contribution < -0.4 is 5.32 Å². The van der Waals surface area contributed by atoms with E-state index in [1.165, 1.54) is 0 Å². The van der Waals surface area contributed by atoms with E-state index in [1.807, 2.05) is 18.2 Å². The second-order valence-electron chi connectivity index (χ2n) is 3.73. The minimum absolute atomic E-state index is 0.0182. The van der Waals surface area contributed by atoms with E-state index >= 15 is 0 Å². The summed E-state index contributed by atoms with van der Waals surface area (Å²) in [7, 11) is 0. The fraction of sp³-hybridized carbons (Fsp3) is 0.364. The largest absolute Gasteiger partial charge is 0.395 e. The summed E-state index contributed by atoms with van der Waals surface area (Å²) >= 11 is 5.89. The van der Waals surface area contributed by atoms with Crippen molar-refractivity contribution in [1.29, 1.82) is 0 Å². The number of carbonyl (C=O) groups is 1. The number of nitrogens with zero attached hydrogens (tertiary/aromatic N) is 1. The van der Waals surface area contributed by atoms with Gasteiger partial charge in [0, 0.05) is 18.1 Å². The fourth-order valence-corrected chi connectivity index (χ4v) is 2.01. The third kappa shape index (κ3) is 2.28. The van der Waals surface area contributed by atoms with Crippen molar-refractivity contribution in [1.82, 2.24) is 10.2 Å². The van der Waals surface area contributed by atoms with Gasteiger partial charge in [-0.3, -0.25) is 0 Å². The average molecular weight is 241 g/mol. The van der Waals surface area contributed by atoms with Gasteiger partial charge in [-0.2, -0.15) is 0 Å². The molecule has 2 amide bonds. The highest BCUT2D eigenvalue weighted by atomic mass is 35.5. The Balaban J connectivity index is 2.10. The molecule has 0 bridgehead atoms. The molecule has 1 atom stereocenters. The molecule has 1 saturated heterocycles. The molecule has 86 valence electrons. The van der Waals surface area contributed by atoms with Crippen LogP contribution in [0.15, 0.2) is 24.3 Å². The molecule has 0 aromatic heterocycles. The number of benzene rings is 1. The van der Waals surface area contributed by atoms with Gasteiger partial charge in [0.1, 0.15) is 0 Å². The lowest BCUT2D eigenvalue weighted by molar-refractivity contribution is 0.196. The number of halogens is 1. The van der Waals surface area contributed by atoms with Crippen molar-refractivity contribution in [2.45, 2.75) is 6.04 Å². The molecule has 0 saturated carbocycles. The van der Waals surface area contributed by atoms with Crippen LogP contribution in [0.3, 0.4) is 0 Å². The van der Waals surface area contributed by atoms with Gasteiger partial charge in [-0.1, -0.05) is 23.7 Å². The SMILES string of the molecule is O=C1NC(c2cccc(Cl)c2)CN1CCO. The molecule has 1 aromatic rings. The fourth-order valence-electron chi connectivity index (χ4n) is 1.81. The number of urea groups is 1. The number of hydrogen-bond donors (Lipinski definition) is 2. The first-order valence-electron chi connectivity index (χ1n) is 5.12. The number of amides is 2. The van der Waals surface area contributed by atoms with Crippen LogP contribution in [0.1, 0.15) is 11.6 Å². The van der Waals surface area contributed by atoms with Gasteiger partial charge in [0.2, 0.25) is 0 Å². The lowest BCUT2D eigenvalue weighted by Gasteiger charge is -2.12. The van der Waals surface area contributed by atoms with E-state index in [1.54, 1.807) is 11.0 Å². The Morgan fingerprint density at radius 3 is 3.06 bits per heavy atom. The van der Waals surface area contributed by atoms with Gasteiger partial charge in [-0.25, -0.2) is 4.79 Å². The second kappa shape index (κ2) is 4.72. The molecule has 1 aliphatic heterocycles. The average Bonchev–Trinajstić information content (AvgIpc) is 2.61. The summed E-state index contributed by atoms with van der Waals surface area (Å²) in [6, 6.07) is 7.25. The Kier molecular flexibility index (Phi) is 3.31. The van der Waals surface area contributed by atoms with Gasteiger partial charge in [0.05, 0.1) is 12.6 Å². The van der Waals surface area contributed by atoms with Crippen LogP contribution in [0.5, 0.6) is 0 Å². The number of aliphatic hydroxyl groups excluding tert-OH is 1. The number of rotatable bonds is 3. The zero-order valence-electron chi connectivity index (χ0n) is 8.69. The smallest absolute Gasteiger partial charge is 0.318 e. The predicted molar refractivity (Wildman–Crippen MR) is 61.4 cm³/mol. The van der Waals surface area contributed by atoms with E-state index < -0.39 is 0 Å². The minimum Gasteiger partial charge on any atom is -0.395 e. The molecule has 0 spiro atoms. The van der Waals surface area contributed by atoms with Gasteiger partial charge in [0.15, 0.2) is 0 Å². The highest BCUT2D eigenvalue weighted by molar-refractivity contribution is 6.30. The van der Waals surface area contributed by atoms with Crippen LogP contribution in [0.4, 0.5) is 4.79 Å². The van der Waals surface area contributed by atoms with E-state index in [2.05, 4.69) is 5.32 Å². The number of β-amino-alcohol motifs (C(OH)–C–C–N with tert-alkyl or cyclic N) is 1. The first-order valence-corrected chi connectivity index (χ1v) is 5.50. The summed E-state index contributed by atoms with van der Waals surface area (Å²) in [6.45, 7) is 0.915. The standard InChI is InChI=1S/C11H13ClN2O2/c12-9-3-1-2-8(6-9)10-7-14(4-5-15)11(16)13-10/h1-3,6,10,15H,4-5,7H2,(H,13,16). The van der Waals surface area contributed by atoms with Crippen LogP contribution >= 0.6 is 11.6 Å². The first kappa shape index (κ1) is 11.2.